The largest absolute Gasteiger partial charge is 0.495 e. The summed E-state index contributed by atoms with van der Waals surface area (Å²) in [6.45, 7) is 8.48. The van der Waals surface area contributed by atoms with Gasteiger partial charge in [0.1, 0.15) is 18.4 Å². The third-order valence-corrected chi connectivity index (χ3v) is 7.71. The molecule has 2 heterocycles. The van der Waals surface area contributed by atoms with Crippen molar-refractivity contribution in [1.82, 2.24) is 19.5 Å². The van der Waals surface area contributed by atoms with Crippen LogP contribution in [-0.4, -0.2) is 32.7 Å². The molecule has 2 aromatic heterocycles. The van der Waals surface area contributed by atoms with Gasteiger partial charge in [-0.05, 0) is 47.7 Å². The number of urea groups is 1. The minimum atomic E-state index is -0.365. The molecule has 1 atom stereocenters. The van der Waals surface area contributed by atoms with Gasteiger partial charge in [-0.2, -0.15) is 0 Å². The number of ether oxygens (including phenoxy) is 1. The number of methoxy groups -OCH3 is 1. The first-order valence-electron chi connectivity index (χ1n) is 14.5. The number of anilines is 3. The van der Waals surface area contributed by atoms with Crippen molar-refractivity contribution in [3.63, 3.8) is 0 Å². The molecule has 0 radical (unpaired) electrons. The minimum Gasteiger partial charge on any atom is -0.495 e. The van der Waals surface area contributed by atoms with Crippen LogP contribution in [0.15, 0.2) is 97.6 Å². The fourth-order valence-corrected chi connectivity index (χ4v) is 5.30. The van der Waals surface area contributed by atoms with Gasteiger partial charge in [-0.25, -0.2) is 19.7 Å². The standard InChI is InChI=1S/C35H35N7O2/c1-22(23-11-7-6-8-12-23)39-32-31-33(37-20-36-32)42(21-38-31)29-17-16-27(25-13-9-10-14-26(25)29)40-34(43)41-28-19-24(35(2,3)4)15-18-30(28)44-5/h6-22H,1-5H3,(H,36,37,39)(H2,40,41,43). The summed E-state index contributed by atoms with van der Waals surface area (Å²) in [7, 11) is 1.59. The van der Waals surface area contributed by atoms with E-state index in [1.54, 1.807) is 19.8 Å². The zero-order chi connectivity index (χ0) is 30.8. The van der Waals surface area contributed by atoms with E-state index >= 15 is 0 Å². The van der Waals surface area contributed by atoms with E-state index in [9.17, 15) is 4.79 Å². The van der Waals surface area contributed by atoms with Crippen LogP contribution >= 0.6 is 0 Å². The fraction of sp³-hybridized carbons (Fsp3) is 0.200. The molecule has 0 saturated carbocycles. The second-order valence-electron chi connectivity index (χ2n) is 11.7. The summed E-state index contributed by atoms with van der Waals surface area (Å²) in [5.74, 6) is 1.25. The zero-order valence-corrected chi connectivity index (χ0v) is 25.4. The number of amides is 2. The Morgan fingerprint density at radius 2 is 1.57 bits per heavy atom. The van der Waals surface area contributed by atoms with Gasteiger partial charge in [0.15, 0.2) is 17.0 Å². The molecule has 222 valence electrons. The van der Waals surface area contributed by atoms with Crippen LogP contribution in [0.25, 0.3) is 27.6 Å². The van der Waals surface area contributed by atoms with Crippen LogP contribution in [0.4, 0.5) is 22.0 Å². The Morgan fingerprint density at radius 1 is 0.841 bits per heavy atom. The first-order chi connectivity index (χ1) is 21.2. The minimum absolute atomic E-state index is 0.0349. The molecule has 0 spiro atoms. The second kappa shape index (κ2) is 11.7. The lowest BCUT2D eigenvalue weighted by Gasteiger charge is -2.21. The topological polar surface area (TPSA) is 106 Å². The summed E-state index contributed by atoms with van der Waals surface area (Å²) in [6.07, 6.45) is 3.31. The van der Waals surface area contributed by atoms with Crippen molar-refractivity contribution in [3.8, 4) is 11.4 Å². The Bertz CT molecular complexity index is 1960. The van der Waals surface area contributed by atoms with Crippen LogP contribution in [0.2, 0.25) is 0 Å². The zero-order valence-electron chi connectivity index (χ0n) is 25.4. The highest BCUT2D eigenvalue weighted by atomic mass is 16.5. The summed E-state index contributed by atoms with van der Waals surface area (Å²) in [4.78, 5) is 27.0. The SMILES string of the molecule is COc1ccc(C(C)(C)C)cc1NC(=O)Nc1ccc(-n2cnc3c(NC(C)c4ccccc4)ncnc32)c2ccccc12. The first-order valence-corrected chi connectivity index (χ1v) is 14.5. The molecule has 4 aromatic carbocycles. The average Bonchev–Trinajstić information content (AvgIpc) is 3.46. The van der Waals surface area contributed by atoms with Gasteiger partial charge in [-0.3, -0.25) is 4.57 Å². The third-order valence-electron chi connectivity index (χ3n) is 7.71. The number of hydrogen-bond donors (Lipinski definition) is 3. The van der Waals surface area contributed by atoms with Crippen molar-refractivity contribution < 1.29 is 9.53 Å². The highest BCUT2D eigenvalue weighted by molar-refractivity contribution is 6.08. The summed E-state index contributed by atoms with van der Waals surface area (Å²) < 4.78 is 7.46. The maximum Gasteiger partial charge on any atom is 0.323 e. The van der Waals surface area contributed by atoms with Crippen molar-refractivity contribution in [2.75, 3.05) is 23.1 Å². The van der Waals surface area contributed by atoms with Crippen molar-refractivity contribution in [2.45, 2.75) is 39.2 Å². The van der Waals surface area contributed by atoms with E-state index in [2.05, 4.69) is 65.7 Å². The van der Waals surface area contributed by atoms with Gasteiger partial charge in [0.05, 0.1) is 30.2 Å². The Morgan fingerprint density at radius 3 is 2.32 bits per heavy atom. The lowest BCUT2D eigenvalue weighted by Crippen LogP contribution is -2.21. The van der Waals surface area contributed by atoms with Gasteiger partial charge in [0, 0.05) is 10.8 Å². The number of carbonyl (C=O) groups excluding carboxylic acids is 1. The van der Waals surface area contributed by atoms with E-state index in [1.165, 1.54) is 0 Å². The normalized spacial score (nSPS) is 12.2. The molecule has 3 N–H and O–H groups in total. The molecule has 9 heteroatoms. The average molecular weight is 586 g/mol. The highest BCUT2D eigenvalue weighted by Gasteiger charge is 2.19. The van der Waals surface area contributed by atoms with Gasteiger partial charge >= 0.3 is 6.03 Å². The van der Waals surface area contributed by atoms with Gasteiger partial charge in [0.2, 0.25) is 0 Å². The van der Waals surface area contributed by atoms with Crippen LogP contribution in [-0.2, 0) is 5.41 Å². The number of nitrogens with zero attached hydrogens (tertiary/aromatic N) is 4. The molecule has 0 aliphatic rings. The molecule has 0 aliphatic carbocycles. The number of carbonyl (C=O) groups is 1. The number of fused-ring (bicyclic) bond motifs is 2. The van der Waals surface area contributed by atoms with Crippen molar-refractivity contribution in [1.29, 1.82) is 0 Å². The molecule has 6 aromatic rings. The summed E-state index contributed by atoms with van der Waals surface area (Å²) >= 11 is 0. The monoisotopic (exact) mass is 585 g/mol. The fourth-order valence-electron chi connectivity index (χ4n) is 5.30. The Hall–Kier alpha value is -5.44. The molecule has 0 fully saturated rings. The van der Waals surface area contributed by atoms with Crippen molar-refractivity contribution >= 4 is 45.2 Å². The number of benzene rings is 4. The molecule has 0 aliphatic heterocycles. The Labute approximate surface area is 256 Å². The Kier molecular flexibility index (Phi) is 7.61. The molecule has 6 rings (SSSR count). The number of hydrogen-bond acceptors (Lipinski definition) is 6. The smallest absolute Gasteiger partial charge is 0.323 e. The van der Waals surface area contributed by atoms with E-state index in [-0.39, 0.29) is 17.5 Å². The summed E-state index contributed by atoms with van der Waals surface area (Å²) in [5, 5.41) is 11.3. The van der Waals surface area contributed by atoms with E-state index in [0.29, 0.717) is 34.1 Å². The quantitative estimate of drug-likeness (QED) is 0.175. The van der Waals surface area contributed by atoms with Gasteiger partial charge in [0.25, 0.3) is 0 Å². The maximum atomic E-state index is 13.3. The molecule has 0 saturated heterocycles. The molecule has 9 nitrogen and oxygen atoms in total. The number of aromatic nitrogens is 4. The molecular formula is C35H35N7O2. The Balaban J connectivity index is 1.30. The molecule has 2 amide bonds. The van der Waals surface area contributed by atoms with Crippen LogP contribution < -0.4 is 20.7 Å². The van der Waals surface area contributed by atoms with E-state index in [4.69, 9.17) is 9.72 Å². The second-order valence-corrected chi connectivity index (χ2v) is 11.7. The number of nitrogens with one attached hydrogen (secondary N) is 3. The van der Waals surface area contributed by atoms with Gasteiger partial charge < -0.3 is 20.7 Å². The van der Waals surface area contributed by atoms with Crippen LogP contribution in [0.3, 0.4) is 0 Å². The van der Waals surface area contributed by atoms with Gasteiger partial charge in [-0.15, -0.1) is 0 Å². The molecule has 44 heavy (non-hydrogen) atoms. The van der Waals surface area contributed by atoms with Crippen LogP contribution in [0, 0.1) is 0 Å². The van der Waals surface area contributed by atoms with Crippen molar-refractivity contribution in [3.05, 3.63) is 109 Å². The van der Waals surface area contributed by atoms with Gasteiger partial charge in [-0.1, -0.05) is 81.4 Å². The van der Waals surface area contributed by atoms with Crippen LogP contribution in [0.1, 0.15) is 44.9 Å². The third kappa shape index (κ3) is 5.64. The lowest BCUT2D eigenvalue weighted by atomic mass is 9.87. The van der Waals surface area contributed by atoms with E-state index < -0.39 is 0 Å². The molecular weight excluding hydrogens is 550 g/mol. The lowest BCUT2D eigenvalue weighted by molar-refractivity contribution is 0.262. The predicted molar refractivity (Wildman–Crippen MR) is 177 cm³/mol. The molecule has 0 bridgehead atoms. The van der Waals surface area contributed by atoms with E-state index in [0.717, 1.165) is 27.6 Å². The van der Waals surface area contributed by atoms with Crippen molar-refractivity contribution in [2.24, 2.45) is 0 Å². The van der Waals surface area contributed by atoms with Crippen LogP contribution in [0.5, 0.6) is 5.75 Å². The number of rotatable bonds is 7. The highest BCUT2D eigenvalue weighted by Crippen LogP contribution is 2.34. The summed E-state index contributed by atoms with van der Waals surface area (Å²) in [5.41, 5.74) is 5.67. The van der Waals surface area contributed by atoms with E-state index in [1.807, 2.05) is 77.4 Å². The molecule has 1 unspecified atom stereocenters. The predicted octanol–water partition coefficient (Wildman–Crippen LogP) is 8.09. The first kappa shape index (κ1) is 28.7. The maximum absolute atomic E-state index is 13.3. The summed E-state index contributed by atoms with van der Waals surface area (Å²) in [6, 6.07) is 27.5. The number of imidazole rings is 1.